The molecule has 3 rings (SSSR count). The SMILES string of the molecule is c1ccc2c(c1)NC1COCCN21. The number of hydrogen-bond donors (Lipinski definition) is 1. The first-order valence-corrected chi connectivity index (χ1v) is 4.65. The Morgan fingerprint density at radius 2 is 2.31 bits per heavy atom. The highest BCUT2D eigenvalue weighted by Gasteiger charge is 2.30. The maximum absolute atomic E-state index is 5.41. The van der Waals surface area contributed by atoms with Crippen molar-refractivity contribution in [3.8, 4) is 0 Å². The van der Waals surface area contributed by atoms with Gasteiger partial charge in [-0.15, -0.1) is 0 Å². The van der Waals surface area contributed by atoms with Crippen molar-refractivity contribution in [3.05, 3.63) is 24.3 Å². The lowest BCUT2D eigenvalue weighted by Gasteiger charge is -2.31. The normalized spacial score (nSPS) is 24.9. The maximum atomic E-state index is 5.41. The third-order valence-corrected chi connectivity index (χ3v) is 2.66. The lowest BCUT2D eigenvalue weighted by molar-refractivity contribution is 0.103. The van der Waals surface area contributed by atoms with Crippen LogP contribution in [0.4, 0.5) is 11.4 Å². The van der Waals surface area contributed by atoms with Gasteiger partial charge < -0.3 is 15.0 Å². The predicted molar refractivity (Wildman–Crippen MR) is 52.0 cm³/mol. The van der Waals surface area contributed by atoms with Crippen molar-refractivity contribution in [2.75, 3.05) is 30.0 Å². The Morgan fingerprint density at radius 1 is 1.38 bits per heavy atom. The number of ether oxygens (including phenoxy) is 1. The lowest BCUT2D eigenvalue weighted by Crippen LogP contribution is -2.45. The highest BCUT2D eigenvalue weighted by atomic mass is 16.5. The molecule has 0 aromatic heterocycles. The molecule has 0 amide bonds. The van der Waals surface area contributed by atoms with E-state index in [0.717, 1.165) is 19.8 Å². The first-order valence-electron chi connectivity index (χ1n) is 4.65. The summed E-state index contributed by atoms with van der Waals surface area (Å²) in [7, 11) is 0. The average molecular weight is 176 g/mol. The van der Waals surface area contributed by atoms with Gasteiger partial charge in [0.15, 0.2) is 0 Å². The zero-order valence-electron chi connectivity index (χ0n) is 7.36. The van der Waals surface area contributed by atoms with Crippen LogP contribution in [-0.2, 0) is 4.74 Å². The number of nitrogens with one attached hydrogen (secondary N) is 1. The van der Waals surface area contributed by atoms with Crippen LogP contribution in [0.2, 0.25) is 0 Å². The number of nitrogens with zero attached hydrogens (tertiary/aromatic N) is 1. The number of rotatable bonds is 0. The smallest absolute Gasteiger partial charge is 0.123 e. The molecule has 1 aromatic rings. The van der Waals surface area contributed by atoms with Crippen LogP contribution in [0.3, 0.4) is 0 Å². The van der Waals surface area contributed by atoms with Gasteiger partial charge in [-0.05, 0) is 12.1 Å². The monoisotopic (exact) mass is 176 g/mol. The quantitative estimate of drug-likeness (QED) is 0.644. The molecule has 13 heavy (non-hydrogen) atoms. The molecule has 2 heterocycles. The minimum absolute atomic E-state index is 0.353. The van der Waals surface area contributed by atoms with Crippen molar-refractivity contribution in [3.63, 3.8) is 0 Å². The largest absolute Gasteiger partial charge is 0.376 e. The molecular formula is C10H12N2O. The number of benzene rings is 1. The Hall–Kier alpha value is -1.22. The molecule has 0 spiro atoms. The van der Waals surface area contributed by atoms with Gasteiger partial charge in [-0.2, -0.15) is 0 Å². The molecule has 0 radical (unpaired) electrons. The van der Waals surface area contributed by atoms with Gasteiger partial charge >= 0.3 is 0 Å². The van der Waals surface area contributed by atoms with Crippen molar-refractivity contribution in [1.29, 1.82) is 0 Å². The molecule has 0 aliphatic carbocycles. The number of morpholine rings is 1. The molecule has 1 aromatic carbocycles. The summed E-state index contributed by atoms with van der Waals surface area (Å²) in [5.74, 6) is 0. The summed E-state index contributed by atoms with van der Waals surface area (Å²) in [5, 5.41) is 3.44. The van der Waals surface area contributed by atoms with E-state index in [4.69, 9.17) is 4.74 Å². The zero-order valence-corrected chi connectivity index (χ0v) is 7.36. The molecule has 1 fully saturated rings. The standard InChI is InChI=1S/C10H12N2O/c1-2-4-9-8(3-1)11-10-7-13-6-5-12(9)10/h1-4,10-11H,5-7H2. The number of fused-ring (bicyclic) bond motifs is 3. The van der Waals surface area contributed by atoms with Crippen LogP contribution in [0, 0.1) is 0 Å². The molecule has 1 atom stereocenters. The van der Waals surface area contributed by atoms with E-state index in [1.807, 2.05) is 0 Å². The summed E-state index contributed by atoms with van der Waals surface area (Å²) >= 11 is 0. The van der Waals surface area contributed by atoms with Gasteiger partial charge in [-0.3, -0.25) is 0 Å². The van der Waals surface area contributed by atoms with Crippen molar-refractivity contribution in [2.24, 2.45) is 0 Å². The molecule has 3 nitrogen and oxygen atoms in total. The summed E-state index contributed by atoms with van der Waals surface area (Å²) in [4.78, 5) is 2.37. The van der Waals surface area contributed by atoms with Crippen LogP contribution in [-0.4, -0.2) is 25.9 Å². The first kappa shape index (κ1) is 7.21. The van der Waals surface area contributed by atoms with Gasteiger partial charge in [0.25, 0.3) is 0 Å². The summed E-state index contributed by atoms with van der Waals surface area (Å²) in [6.07, 6.45) is 0.353. The van der Waals surface area contributed by atoms with Crippen LogP contribution < -0.4 is 10.2 Å². The fraction of sp³-hybridized carbons (Fsp3) is 0.400. The van der Waals surface area contributed by atoms with Crippen molar-refractivity contribution in [1.82, 2.24) is 0 Å². The third kappa shape index (κ3) is 1.00. The van der Waals surface area contributed by atoms with Gasteiger partial charge in [0, 0.05) is 6.54 Å². The van der Waals surface area contributed by atoms with Crippen LogP contribution in [0.25, 0.3) is 0 Å². The molecular weight excluding hydrogens is 164 g/mol. The Morgan fingerprint density at radius 3 is 3.31 bits per heavy atom. The first-order chi connectivity index (χ1) is 6.45. The minimum Gasteiger partial charge on any atom is -0.376 e. The summed E-state index contributed by atoms with van der Waals surface area (Å²) in [6.45, 7) is 2.62. The molecule has 3 heteroatoms. The molecule has 2 aliphatic rings. The fourth-order valence-corrected chi connectivity index (χ4v) is 2.04. The van der Waals surface area contributed by atoms with Crippen LogP contribution in [0.1, 0.15) is 0 Å². The second-order valence-corrected chi connectivity index (χ2v) is 3.45. The number of para-hydroxylation sites is 2. The second-order valence-electron chi connectivity index (χ2n) is 3.45. The van der Waals surface area contributed by atoms with E-state index in [1.54, 1.807) is 0 Å². The molecule has 2 aliphatic heterocycles. The molecule has 1 N–H and O–H groups in total. The van der Waals surface area contributed by atoms with Gasteiger partial charge in [0.05, 0.1) is 24.6 Å². The zero-order chi connectivity index (χ0) is 8.67. The van der Waals surface area contributed by atoms with E-state index in [2.05, 4.69) is 34.5 Å². The number of hydrogen-bond acceptors (Lipinski definition) is 3. The van der Waals surface area contributed by atoms with E-state index >= 15 is 0 Å². The van der Waals surface area contributed by atoms with Crippen molar-refractivity contribution < 1.29 is 4.74 Å². The Bertz CT molecular complexity index is 326. The van der Waals surface area contributed by atoms with E-state index < -0.39 is 0 Å². The van der Waals surface area contributed by atoms with Crippen LogP contribution in [0.15, 0.2) is 24.3 Å². The van der Waals surface area contributed by atoms with Crippen molar-refractivity contribution >= 4 is 11.4 Å². The highest BCUT2D eigenvalue weighted by Crippen LogP contribution is 2.34. The lowest BCUT2D eigenvalue weighted by atomic mass is 10.2. The van der Waals surface area contributed by atoms with Gasteiger partial charge in [-0.25, -0.2) is 0 Å². The van der Waals surface area contributed by atoms with Crippen molar-refractivity contribution in [2.45, 2.75) is 6.17 Å². The molecule has 68 valence electrons. The van der Waals surface area contributed by atoms with Gasteiger partial charge in [0.1, 0.15) is 6.17 Å². The maximum Gasteiger partial charge on any atom is 0.123 e. The Balaban J connectivity index is 2.01. The molecule has 0 bridgehead atoms. The summed E-state index contributed by atoms with van der Waals surface area (Å²) < 4.78 is 5.41. The minimum atomic E-state index is 0.353. The summed E-state index contributed by atoms with van der Waals surface area (Å²) in [5.41, 5.74) is 2.55. The van der Waals surface area contributed by atoms with Crippen LogP contribution >= 0.6 is 0 Å². The fourth-order valence-electron chi connectivity index (χ4n) is 2.04. The predicted octanol–water partition coefficient (Wildman–Crippen LogP) is 1.27. The van der Waals surface area contributed by atoms with E-state index in [1.165, 1.54) is 11.4 Å². The van der Waals surface area contributed by atoms with E-state index in [9.17, 15) is 0 Å². The Kier molecular flexibility index (Phi) is 1.46. The Labute approximate surface area is 77.3 Å². The third-order valence-electron chi connectivity index (χ3n) is 2.66. The van der Waals surface area contributed by atoms with Gasteiger partial charge in [-0.1, -0.05) is 12.1 Å². The summed E-state index contributed by atoms with van der Waals surface area (Å²) in [6, 6.07) is 8.42. The van der Waals surface area contributed by atoms with Gasteiger partial charge in [0.2, 0.25) is 0 Å². The molecule has 1 unspecified atom stereocenters. The molecule has 0 saturated carbocycles. The average Bonchev–Trinajstić information content (AvgIpc) is 2.56. The van der Waals surface area contributed by atoms with E-state index in [0.29, 0.717) is 6.17 Å². The second kappa shape index (κ2) is 2.64. The van der Waals surface area contributed by atoms with E-state index in [-0.39, 0.29) is 0 Å². The topological polar surface area (TPSA) is 24.5 Å². The van der Waals surface area contributed by atoms with Crippen LogP contribution in [0.5, 0.6) is 0 Å². The number of anilines is 2. The molecule has 1 saturated heterocycles. The highest BCUT2D eigenvalue weighted by molar-refractivity contribution is 5.76.